The molecule has 4 aromatic carbocycles. The molecule has 0 atom stereocenters. The molecule has 0 heterocycles. The maximum Gasteiger partial charge on any atom is 0.314 e. The Morgan fingerprint density at radius 1 is 0.483 bits per heavy atom. The summed E-state index contributed by atoms with van der Waals surface area (Å²) in [6, 6.07) is 19.4. The average molecular weight is 855 g/mol. The Hall–Kier alpha value is -7.66. The number of nitrogens with zero attached hydrogens (tertiary/aromatic N) is 2. The summed E-state index contributed by atoms with van der Waals surface area (Å²) in [5, 5.41) is 17.6. The number of allylic oxidation sites excluding steroid dienone is 2. The van der Waals surface area contributed by atoms with Gasteiger partial charge in [-0.2, -0.15) is 27.0 Å². The maximum absolute atomic E-state index is 13.4. The molecule has 0 saturated carbocycles. The molecule has 0 spiro atoms. The van der Waals surface area contributed by atoms with E-state index < -0.39 is 64.9 Å². The lowest BCUT2D eigenvalue weighted by molar-refractivity contribution is -0.132. The van der Waals surface area contributed by atoms with Crippen molar-refractivity contribution in [2.45, 2.75) is 13.8 Å². The lowest BCUT2D eigenvalue weighted by Gasteiger charge is -2.18. The van der Waals surface area contributed by atoms with Gasteiger partial charge in [0, 0.05) is 47.7 Å². The molecule has 2 aliphatic carbocycles. The lowest BCUT2D eigenvalue weighted by Crippen LogP contribution is -2.30. The first-order valence-electron chi connectivity index (χ1n) is 17.1. The predicted molar refractivity (Wildman–Crippen MR) is 221 cm³/mol. The SMILES string of the molecule is CC(=O)Nc1ccc(N/N=C2\C(=O)c3ccc(NC(=O)C(=O)Nc4ccc5c(c4)C=C(S(=O)(=O)O)/C(=N/Nc4ccc(NC(C)=O)cc4)C5=O)cc3C=C2S(=O)(=O)O)cc1. The molecule has 22 heteroatoms. The van der Waals surface area contributed by atoms with Crippen LogP contribution in [0.15, 0.2) is 105 Å². The van der Waals surface area contributed by atoms with Gasteiger partial charge in [0.25, 0.3) is 20.2 Å². The number of rotatable bonds is 10. The van der Waals surface area contributed by atoms with Gasteiger partial charge in [-0.3, -0.25) is 48.7 Å². The fraction of sp³-hybridized carbons (Fsp3) is 0.0526. The number of hydrazone groups is 2. The number of anilines is 6. The van der Waals surface area contributed by atoms with Crippen molar-refractivity contribution >= 4 is 113 Å². The molecule has 4 aromatic rings. The molecule has 306 valence electrons. The molecule has 0 saturated heterocycles. The number of carbonyl (C=O) groups is 6. The van der Waals surface area contributed by atoms with Crippen LogP contribution in [0.4, 0.5) is 34.1 Å². The Kier molecular flexibility index (Phi) is 11.7. The fourth-order valence-corrected chi connectivity index (χ4v) is 7.03. The molecule has 0 fully saturated rings. The predicted octanol–water partition coefficient (Wildman–Crippen LogP) is 3.97. The van der Waals surface area contributed by atoms with Crippen LogP contribution in [-0.4, -0.2) is 72.6 Å². The van der Waals surface area contributed by atoms with Gasteiger partial charge in [-0.1, -0.05) is 0 Å². The standard InChI is InChI=1S/C38H30N8O12S2/c1-19(47)39-23-3-7-25(8-4-23)43-45-33-31(59(53,54)55)17-21-15-27(11-13-29(21)35(33)49)41-37(51)38(52)42-28-12-14-30-22(16-28)18-32(60(56,57)58)34(36(30)50)46-44-26-9-5-24(6-10-26)40-20(2)48/h3-18,43-44H,1-2H3,(H,39,47)(H,40,48)(H,41,51)(H,42,52)(H,53,54,55)(H,56,57,58)/b45-33-,46-34-. The van der Waals surface area contributed by atoms with Crippen molar-refractivity contribution in [3.63, 3.8) is 0 Å². The second kappa shape index (κ2) is 16.7. The van der Waals surface area contributed by atoms with Crippen LogP contribution < -0.4 is 32.1 Å². The van der Waals surface area contributed by atoms with Crippen molar-refractivity contribution in [3.05, 3.63) is 117 Å². The number of Topliss-reactive ketones (excluding diaryl/α,β-unsaturated/α-hetero) is 2. The first-order chi connectivity index (χ1) is 28.3. The van der Waals surface area contributed by atoms with Crippen LogP contribution in [0.3, 0.4) is 0 Å². The molecule has 20 nitrogen and oxygen atoms in total. The van der Waals surface area contributed by atoms with E-state index in [2.05, 4.69) is 42.3 Å². The fourth-order valence-electron chi connectivity index (χ4n) is 5.72. The molecule has 8 N–H and O–H groups in total. The molecule has 2 aliphatic rings. The number of ketones is 2. The Labute approximate surface area is 340 Å². The highest BCUT2D eigenvalue weighted by molar-refractivity contribution is 7.91. The van der Waals surface area contributed by atoms with Crippen molar-refractivity contribution in [1.82, 2.24) is 0 Å². The van der Waals surface area contributed by atoms with Crippen molar-refractivity contribution < 1.29 is 54.7 Å². The Morgan fingerprint density at radius 3 is 1.12 bits per heavy atom. The van der Waals surface area contributed by atoms with Gasteiger partial charge < -0.3 is 21.3 Å². The van der Waals surface area contributed by atoms with Crippen molar-refractivity contribution in [3.8, 4) is 0 Å². The van der Waals surface area contributed by atoms with E-state index in [0.717, 1.165) is 12.2 Å². The van der Waals surface area contributed by atoms with E-state index in [9.17, 15) is 54.7 Å². The summed E-state index contributed by atoms with van der Waals surface area (Å²) in [6.07, 6.45) is 1.90. The highest BCUT2D eigenvalue weighted by Gasteiger charge is 2.34. The second-order valence-electron chi connectivity index (χ2n) is 12.8. The number of amides is 4. The van der Waals surface area contributed by atoms with Gasteiger partial charge >= 0.3 is 11.8 Å². The molecule has 4 amide bonds. The van der Waals surface area contributed by atoms with Crippen LogP contribution in [0.25, 0.3) is 12.2 Å². The van der Waals surface area contributed by atoms with Crippen LogP contribution in [-0.2, 0) is 39.4 Å². The van der Waals surface area contributed by atoms with Crippen LogP contribution in [0, 0.1) is 0 Å². The van der Waals surface area contributed by atoms with Gasteiger partial charge in [0.15, 0.2) is 11.4 Å². The van der Waals surface area contributed by atoms with Crippen LogP contribution >= 0.6 is 0 Å². The van der Waals surface area contributed by atoms with Gasteiger partial charge in [0.2, 0.25) is 23.4 Å². The summed E-state index contributed by atoms with van der Waals surface area (Å²) in [5.74, 6) is -4.88. The Morgan fingerprint density at radius 2 is 0.800 bits per heavy atom. The zero-order chi connectivity index (χ0) is 43.5. The van der Waals surface area contributed by atoms with E-state index in [1.54, 1.807) is 0 Å². The van der Waals surface area contributed by atoms with Gasteiger partial charge in [-0.15, -0.1) is 0 Å². The topological polar surface area (TPSA) is 308 Å². The normalized spacial score (nSPS) is 14.9. The zero-order valence-corrected chi connectivity index (χ0v) is 32.6. The molecule has 6 rings (SSSR count). The van der Waals surface area contributed by atoms with E-state index in [4.69, 9.17) is 0 Å². The number of hydrogen-bond acceptors (Lipinski definition) is 14. The van der Waals surface area contributed by atoms with Crippen molar-refractivity contribution in [1.29, 1.82) is 0 Å². The van der Waals surface area contributed by atoms with E-state index in [1.165, 1.54) is 98.8 Å². The first kappa shape index (κ1) is 42.0. The van der Waals surface area contributed by atoms with E-state index in [-0.39, 0.29) is 45.4 Å². The van der Waals surface area contributed by atoms with Gasteiger partial charge in [0.1, 0.15) is 9.81 Å². The summed E-state index contributed by atoms with van der Waals surface area (Å²) >= 11 is 0. The second-order valence-corrected chi connectivity index (χ2v) is 15.6. The third-order valence-corrected chi connectivity index (χ3v) is 10.1. The highest BCUT2D eigenvalue weighted by atomic mass is 32.2. The Bertz CT molecular complexity index is 2690. The van der Waals surface area contributed by atoms with Gasteiger partial charge in [0.05, 0.1) is 11.4 Å². The number of carbonyl (C=O) groups excluding carboxylic acids is 6. The van der Waals surface area contributed by atoms with Crippen molar-refractivity contribution in [2.24, 2.45) is 10.2 Å². The third kappa shape index (κ3) is 9.71. The third-order valence-electron chi connectivity index (χ3n) is 8.34. The number of hydrogen-bond donors (Lipinski definition) is 8. The molecule has 0 aromatic heterocycles. The van der Waals surface area contributed by atoms with Gasteiger partial charge in [-0.05, 0) is 108 Å². The minimum absolute atomic E-state index is 0.0526. The van der Waals surface area contributed by atoms with E-state index >= 15 is 0 Å². The number of fused-ring (bicyclic) bond motifs is 2. The number of nitrogens with one attached hydrogen (secondary N) is 6. The molecule has 0 unspecified atom stereocenters. The molecule has 0 aliphatic heterocycles. The van der Waals surface area contributed by atoms with E-state index in [1.807, 2.05) is 0 Å². The van der Waals surface area contributed by atoms with Crippen LogP contribution in [0.1, 0.15) is 45.7 Å². The summed E-state index contributed by atoms with van der Waals surface area (Å²) in [5.41, 5.74) is 4.96. The monoisotopic (exact) mass is 854 g/mol. The molecular weight excluding hydrogens is 825 g/mol. The molecule has 0 radical (unpaired) electrons. The summed E-state index contributed by atoms with van der Waals surface area (Å²) in [7, 11) is -10.1. The lowest BCUT2D eigenvalue weighted by atomic mass is 9.94. The summed E-state index contributed by atoms with van der Waals surface area (Å²) in [4.78, 5) is 73.4. The molecular formula is C38H30N8O12S2. The quantitative estimate of drug-likeness (QED) is 0.0636. The molecule has 60 heavy (non-hydrogen) atoms. The van der Waals surface area contributed by atoms with Crippen LogP contribution in [0.2, 0.25) is 0 Å². The van der Waals surface area contributed by atoms with Gasteiger partial charge in [-0.25, -0.2) is 0 Å². The summed E-state index contributed by atoms with van der Waals surface area (Å²) < 4.78 is 69.2. The Balaban J connectivity index is 1.17. The van der Waals surface area contributed by atoms with Crippen molar-refractivity contribution in [2.75, 3.05) is 32.1 Å². The smallest absolute Gasteiger partial charge is 0.314 e. The first-order valence-corrected chi connectivity index (χ1v) is 20.0. The highest BCUT2D eigenvalue weighted by Crippen LogP contribution is 2.30. The largest absolute Gasteiger partial charge is 0.326 e. The maximum atomic E-state index is 13.4. The average Bonchev–Trinajstić information content (AvgIpc) is 3.17. The molecule has 0 bridgehead atoms. The summed E-state index contributed by atoms with van der Waals surface area (Å²) in [6.45, 7) is 2.65. The van der Waals surface area contributed by atoms with Crippen LogP contribution in [0.5, 0.6) is 0 Å². The minimum Gasteiger partial charge on any atom is -0.326 e. The zero-order valence-electron chi connectivity index (χ0n) is 30.9. The van der Waals surface area contributed by atoms with E-state index in [0.29, 0.717) is 22.7 Å². The number of benzene rings is 4. The minimum atomic E-state index is -5.03.